The molecule has 0 saturated carbocycles. The second kappa shape index (κ2) is 15.3. The van der Waals surface area contributed by atoms with Crippen LogP contribution in [-0.4, -0.2) is 14.0 Å². The fourth-order valence-corrected chi connectivity index (χ4v) is 6.10. The highest BCUT2D eigenvalue weighted by Gasteiger charge is 2.42. The largest absolute Gasteiger partial charge is 0.616 e. The van der Waals surface area contributed by atoms with E-state index in [2.05, 4.69) is 41.5 Å². The average Bonchev–Trinajstić information content (AvgIpc) is 2.59. The summed E-state index contributed by atoms with van der Waals surface area (Å²) in [6, 6.07) is 0. The first kappa shape index (κ1) is 26.3. The molecule has 0 fully saturated rings. The van der Waals surface area contributed by atoms with Crippen molar-refractivity contribution in [1.82, 2.24) is 0 Å². The van der Waals surface area contributed by atoms with Crippen LogP contribution < -0.4 is 0 Å². The van der Waals surface area contributed by atoms with Crippen molar-refractivity contribution in [2.75, 3.05) is 0 Å². The molecule has 0 rings (SSSR count). The number of unbranched alkanes of at least 4 members (excludes halogenated alkanes) is 12. The predicted octanol–water partition coefficient (Wildman–Crippen LogP) is 8.57. The van der Waals surface area contributed by atoms with Gasteiger partial charge in [-0.3, -0.25) is 0 Å². The molecular weight excluding hydrogens is 336 g/mol. The molecule has 0 aliphatic rings. The van der Waals surface area contributed by atoms with E-state index in [1.165, 1.54) is 89.9 Å². The van der Waals surface area contributed by atoms with Crippen molar-refractivity contribution in [3.8, 4) is 0 Å². The molecule has 0 radical (unpaired) electrons. The second-order valence-electron chi connectivity index (χ2n) is 9.53. The van der Waals surface area contributed by atoms with Gasteiger partial charge in [0.05, 0.1) is 0 Å². The zero-order chi connectivity index (χ0) is 19.9. The van der Waals surface area contributed by atoms with E-state index >= 15 is 0 Å². The van der Waals surface area contributed by atoms with Gasteiger partial charge in [0, 0.05) is 0 Å². The highest BCUT2D eigenvalue weighted by molar-refractivity contribution is 7.94. The fraction of sp³-hybridized carbons (Fsp3) is 1.00. The summed E-state index contributed by atoms with van der Waals surface area (Å²) in [6.07, 6.45) is 20.9. The van der Waals surface area contributed by atoms with Crippen LogP contribution in [-0.2, 0) is 11.2 Å². The van der Waals surface area contributed by atoms with Crippen molar-refractivity contribution < 1.29 is 4.55 Å². The zero-order valence-corrected chi connectivity index (χ0v) is 19.9. The Hall–Kier alpha value is 0.310. The van der Waals surface area contributed by atoms with Gasteiger partial charge in [0.15, 0.2) is 0 Å². The van der Waals surface area contributed by atoms with Crippen molar-refractivity contribution in [2.24, 2.45) is 0 Å². The van der Waals surface area contributed by atoms with Crippen molar-refractivity contribution in [3.63, 3.8) is 0 Å². The molecule has 0 aromatic rings. The van der Waals surface area contributed by atoms with Crippen molar-refractivity contribution >= 4 is 11.2 Å². The maximum atomic E-state index is 13.2. The van der Waals surface area contributed by atoms with Crippen LogP contribution in [0.1, 0.15) is 144 Å². The van der Waals surface area contributed by atoms with Gasteiger partial charge in [-0.05, 0) is 64.6 Å². The third kappa shape index (κ3) is 12.7. The summed E-state index contributed by atoms with van der Waals surface area (Å²) < 4.78 is 13.1. The van der Waals surface area contributed by atoms with E-state index in [0.29, 0.717) is 0 Å². The van der Waals surface area contributed by atoms with E-state index in [4.69, 9.17) is 0 Å². The Labute approximate surface area is 169 Å². The molecule has 0 N–H and O–H groups in total. The maximum absolute atomic E-state index is 13.2. The summed E-state index contributed by atoms with van der Waals surface area (Å²) in [7, 11) is 0. The van der Waals surface area contributed by atoms with Gasteiger partial charge in [-0.1, -0.05) is 90.9 Å². The van der Waals surface area contributed by atoms with E-state index in [-0.39, 0.29) is 9.49 Å². The molecule has 0 heterocycles. The van der Waals surface area contributed by atoms with Crippen LogP contribution in [0.2, 0.25) is 0 Å². The van der Waals surface area contributed by atoms with Crippen LogP contribution in [0.15, 0.2) is 0 Å². The standard InChI is InChI=1S/C24H50OS/c1-7-9-11-13-15-17-19-21-23(3,4)26(25)24(5,6)22-20-18-16-14-12-10-8-2/h7-22H2,1-6H3. The molecule has 2 heteroatoms. The monoisotopic (exact) mass is 386 g/mol. The third-order valence-electron chi connectivity index (χ3n) is 5.77. The third-order valence-corrected chi connectivity index (χ3v) is 8.18. The highest BCUT2D eigenvalue weighted by Crippen LogP contribution is 2.36. The Kier molecular flexibility index (Phi) is 15.4. The molecule has 0 bridgehead atoms. The number of hydrogen-bond donors (Lipinski definition) is 0. The van der Waals surface area contributed by atoms with Gasteiger partial charge in [0.2, 0.25) is 0 Å². The molecule has 0 aliphatic carbocycles. The second-order valence-corrected chi connectivity index (χ2v) is 12.3. The van der Waals surface area contributed by atoms with Crippen molar-refractivity contribution in [3.05, 3.63) is 0 Å². The summed E-state index contributed by atoms with van der Waals surface area (Å²) in [5.74, 6) is 0. The van der Waals surface area contributed by atoms with E-state index in [1.807, 2.05) is 0 Å². The van der Waals surface area contributed by atoms with Crippen LogP contribution in [0, 0.1) is 0 Å². The lowest BCUT2D eigenvalue weighted by atomic mass is 10.0. The molecule has 26 heavy (non-hydrogen) atoms. The van der Waals surface area contributed by atoms with Crippen LogP contribution in [0.5, 0.6) is 0 Å². The van der Waals surface area contributed by atoms with Crippen LogP contribution >= 0.6 is 0 Å². The van der Waals surface area contributed by atoms with E-state index in [0.717, 1.165) is 12.8 Å². The molecular formula is C24H50OS. The van der Waals surface area contributed by atoms with E-state index in [9.17, 15) is 4.55 Å². The molecule has 0 unspecified atom stereocenters. The molecule has 0 spiro atoms. The number of rotatable bonds is 18. The first-order chi connectivity index (χ1) is 12.3. The van der Waals surface area contributed by atoms with E-state index < -0.39 is 11.2 Å². The predicted molar refractivity (Wildman–Crippen MR) is 122 cm³/mol. The molecule has 0 aromatic carbocycles. The Bertz CT molecular complexity index is 281. The lowest BCUT2D eigenvalue weighted by Gasteiger charge is -2.39. The van der Waals surface area contributed by atoms with Gasteiger partial charge >= 0.3 is 0 Å². The smallest absolute Gasteiger partial charge is 0.120 e. The summed E-state index contributed by atoms with van der Waals surface area (Å²) in [5.41, 5.74) is 0. The van der Waals surface area contributed by atoms with E-state index in [1.54, 1.807) is 0 Å². The molecule has 0 atom stereocenters. The molecule has 158 valence electrons. The SMILES string of the molecule is CCCCCCCCCC(C)(C)[S+]([O-])C(C)(C)CCCCCCCCC. The van der Waals surface area contributed by atoms with Crippen molar-refractivity contribution in [1.29, 1.82) is 0 Å². The van der Waals surface area contributed by atoms with Crippen LogP contribution in [0.3, 0.4) is 0 Å². The summed E-state index contributed by atoms with van der Waals surface area (Å²) in [6.45, 7) is 13.5. The van der Waals surface area contributed by atoms with Gasteiger partial charge in [0.25, 0.3) is 0 Å². The molecule has 0 amide bonds. The highest BCUT2D eigenvalue weighted by atomic mass is 32.2. The Morgan fingerprint density at radius 3 is 1.08 bits per heavy atom. The van der Waals surface area contributed by atoms with Crippen molar-refractivity contribution in [2.45, 2.75) is 154 Å². The van der Waals surface area contributed by atoms with Gasteiger partial charge in [0.1, 0.15) is 9.49 Å². The van der Waals surface area contributed by atoms with Gasteiger partial charge < -0.3 is 4.55 Å². The summed E-state index contributed by atoms with van der Waals surface area (Å²) in [5, 5.41) is 0. The lowest BCUT2D eigenvalue weighted by molar-refractivity contribution is 0.450. The molecule has 1 nitrogen and oxygen atoms in total. The minimum absolute atomic E-state index is 0.0476. The van der Waals surface area contributed by atoms with Crippen LogP contribution in [0.25, 0.3) is 0 Å². The maximum Gasteiger partial charge on any atom is 0.120 e. The summed E-state index contributed by atoms with van der Waals surface area (Å²) in [4.78, 5) is 0. The van der Waals surface area contributed by atoms with Gasteiger partial charge in [-0.25, -0.2) is 0 Å². The summed E-state index contributed by atoms with van der Waals surface area (Å²) >= 11 is -0.761. The Morgan fingerprint density at radius 1 is 0.500 bits per heavy atom. The van der Waals surface area contributed by atoms with Gasteiger partial charge in [-0.2, -0.15) is 0 Å². The molecule has 0 aromatic heterocycles. The lowest BCUT2D eigenvalue weighted by Crippen LogP contribution is -2.45. The number of hydrogen-bond acceptors (Lipinski definition) is 1. The first-order valence-corrected chi connectivity index (χ1v) is 12.8. The molecule has 0 saturated heterocycles. The fourth-order valence-electron chi connectivity index (χ4n) is 3.95. The van der Waals surface area contributed by atoms with Gasteiger partial charge in [-0.15, -0.1) is 0 Å². The topological polar surface area (TPSA) is 23.1 Å². The first-order valence-electron chi connectivity index (χ1n) is 11.7. The Morgan fingerprint density at radius 2 is 0.769 bits per heavy atom. The zero-order valence-electron chi connectivity index (χ0n) is 19.1. The minimum Gasteiger partial charge on any atom is -0.616 e. The average molecular weight is 387 g/mol. The minimum atomic E-state index is -0.761. The molecule has 0 aliphatic heterocycles. The Balaban J connectivity index is 4.01. The van der Waals surface area contributed by atoms with Crippen LogP contribution in [0.4, 0.5) is 0 Å². The quantitative estimate of drug-likeness (QED) is 0.171. The normalized spacial score (nSPS) is 12.9.